The number of amidine groups is 1. The van der Waals surface area contributed by atoms with Crippen LogP contribution in [0.3, 0.4) is 0 Å². The average Bonchev–Trinajstić information content (AvgIpc) is 2.31. The summed E-state index contributed by atoms with van der Waals surface area (Å²) in [6.07, 6.45) is 2.16. The van der Waals surface area contributed by atoms with E-state index in [1.165, 1.54) is 0 Å². The molecule has 0 amide bonds. The molecule has 1 unspecified atom stereocenters. The summed E-state index contributed by atoms with van der Waals surface area (Å²) >= 11 is 0. The number of benzene rings is 1. The topological polar surface area (TPSA) is 47.6 Å². The van der Waals surface area contributed by atoms with Gasteiger partial charge in [0.05, 0.1) is 12.6 Å². The minimum atomic E-state index is 0.235. The van der Waals surface area contributed by atoms with Crippen LogP contribution in [0.25, 0.3) is 0 Å². The lowest BCUT2D eigenvalue weighted by Crippen LogP contribution is -2.25. The molecule has 1 aromatic carbocycles. The van der Waals surface area contributed by atoms with Gasteiger partial charge in [0.15, 0.2) is 0 Å². The van der Waals surface area contributed by atoms with Gasteiger partial charge in [-0.25, -0.2) is 0 Å². The van der Waals surface area contributed by atoms with Gasteiger partial charge < -0.3 is 10.5 Å². The lowest BCUT2D eigenvalue weighted by molar-refractivity contribution is 0.0829. The molecule has 0 aliphatic carbocycles. The molecule has 0 bridgehead atoms. The summed E-state index contributed by atoms with van der Waals surface area (Å²) in [6, 6.07) is 10.1. The van der Waals surface area contributed by atoms with Crippen molar-refractivity contribution in [3.8, 4) is 0 Å². The van der Waals surface area contributed by atoms with Crippen molar-refractivity contribution < 1.29 is 4.74 Å². The molecule has 0 spiro atoms. The Labute approximate surface area is 90.0 Å². The largest absolute Gasteiger partial charge is 0.383 e. The minimum absolute atomic E-state index is 0.235. The second-order valence-corrected chi connectivity index (χ2v) is 3.75. The van der Waals surface area contributed by atoms with E-state index in [0.717, 1.165) is 25.0 Å². The molecule has 0 saturated carbocycles. The molecule has 15 heavy (non-hydrogen) atoms. The highest BCUT2D eigenvalue weighted by molar-refractivity contribution is 5.97. The van der Waals surface area contributed by atoms with Crippen LogP contribution < -0.4 is 5.73 Å². The Bertz CT molecular complexity index is 329. The minimum Gasteiger partial charge on any atom is -0.383 e. The quantitative estimate of drug-likeness (QED) is 0.587. The molecule has 1 aliphatic heterocycles. The Morgan fingerprint density at radius 2 is 2.13 bits per heavy atom. The van der Waals surface area contributed by atoms with Crippen LogP contribution in [-0.4, -0.2) is 25.1 Å². The van der Waals surface area contributed by atoms with E-state index in [1.807, 2.05) is 30.3 Å². The maximum atomic E-state index is 5.92. The molecule has 1 fully saturated rings. The van der Waals surface area contributed by atoms with Crippen molar-refractivity contribution in [3.63, 3.8) is 0 Å². The molecular weight excluding hydrogens is 188 g/mol. The zero-order chi connectivity index (χ0) is 10.5. The molecule has 1 aliphatic rings. The number of hydrogen-bond acceptors (Lipinski definition) is 2. The fourth-order valence-corrected chi connectivity index (χ4v) is 1.71. The lowest BCUT2D eigenvalue weighted by Gasteiger charge is -2.18. The van der Waals surface area contributed by atoms with E-state index < -0.39 is 0 Å². The molecule has 0 radical (unpaired) electrons. The highest BCUT2D eigenvalue weighted by atomic mass is 16.5. The van der Waals surface area contributed by atoms with Gasteiger partial charge in [-0.3, -0.25) is 4.99 Å². The molecule has 80 valence electrons. The number of nitrogens with two attached hydrogens (primary N) is 1. The molecule has 1 heterocycles. The van der Waals surface area contributed by atoms with Crippen LogP contribution in [0, 0.1) is 0 Å². The Morgan fingerprint density at radius 1 is 1.33 bits per heavy atom. The molecule has 2 rings (SSSR count). The fourth-order valence-electron chi connectivity index (χ4n) is 1.71. The molecule has 2 N–H and O–H groups in total. The van der Waals surface area contributed by atoms with Crippen LogP contribution in [0.15, 0.2) is 35.3 Å². The maximum absolute atomic E-state index is 5.92. The van der Waals surface area contributed by atoms with Gasteiger partial charge in [-0.15, -0.1) is 0 Å². The molecule has 3 heteroatoms. The van der Waals surface area contributed by atoms with Crippen molar-refractivity contribution in [1.29, 1.82) is 0 Å². The average molecular weight is 204 g/mol. The Hall–Kier alpha value is -1.35. The normalized spacial score (nSPS) is 22.7. The van der Waals surface area contributed by atoms with Gasteiger partial charge in [0.1, 0.15) is 5.84 Å². The van der Waals surface area contributed by atoms with E-state index in [1.54, 1.807) is 0 Å². The third kappa shape index (κ3) is 2.80. The van der Waals surface area contributed by atoms with Crippen molar-refractivity contribution in [1.82, 2.24) is 0 Å². The first kappa shape index (κ1) is 10.2. The second kappa shape index (κ2) is 4.94. The van der Waals surface area contributed by atoms with Gasteiger partial charge >= 0.3 is 0 Å². The summed E-state index contributed by atoms with van der Waals surface area (Å²) in [5.74, 6) is 0.617. The van der Waals surface area contributed by atoms with Gasteiger partial charge in [-0.2, -0.15) is 0 Å². The second-order valence-electron chi connectivity index (χ2n) is 3.75. The first-order chi connectivity index (χ1) is 7.36. The SMILES string of the molecule is NC(=NC1CCCOC1)c1ccccc1. The van der Waals surface area contributed by atoms with Gasteiger partial charge in [-0.05, 0) is 12.8 Å². The van der Waals surface area contributed by atoms with Crippen LogP contribution in [0.2, 0.25) is 0 Å². The van der Waals surface area contributed by atoms with Gasteiger partial charge in [0.25, 0.3) is 0 Å². The first-order valence-electron chi connectivity index (χ1n) is 5.33. The predicted octanol–water partition coefficient (Wildman–Crippen LogP) is 1.57. The number of rotatable bonds is 2. The Balaban J connectivity index is 2.06. The van der Waals surface area contributed by atoms with Crippen LogP contribution in [0.5, 0.6) is 0 Å². The number of hydrogen-bond donors (Lipinski definition) is 1. The Kier molecular flexibility index (Phi) is 3.35. The highest BCUT2D eigenvalue weighted by Crippen LogP contribution is 2.10. The van der Waals surface area contributed by atoms with Crippen LogP contribution in [0.4, 0.5) is 0 Å². The molecule has 1 saturated heterocycles. The zero-order valence-electron chi connectivity index (χ0n) is 8.73. The number of ether oxygens (including phenoxy) is 1. The lowest BCUT2D eigenvalue weighted by atomic mass is 10.1. The van der Waals surface area contributed by atoms with Crippen LogP contribution in [-0.2, 0) is 4.74 Å². The van der Waals surface area contributed by atoms with Crippen molar-refractivity contribution in [2.45, 2.75) is 18.9 Å². The molecule has 0 aromatic heterocycles. The maximum Gasteiger partial charge on any atom is 0.125 e. The summed E-state index contributed by atoms with van der Waals surface area (Å²) in [4.78, 5) is 4.48. The third-order valence-electron chi connectivity index (χ3n) is 2.53. The summed E-state index contributed by atoms with van der Waals surface area (Å²) in [5, 5.41) is 0. The monoisotopic (exact) mass is 204 g/mol. The fraction of sp³-hybridized carbons (Fsp3) is 0.417. The van der Waals surface area contributed by atoms with E-state index in [-0.39, 0.29) is 6.04 Å². The molecule has 3 nitrogen and oxygen atoms in total. The third-order valence-corrected chi connectivity index (χ3v) is 2.53. The van der Waals surface area contributed by atoms with Gasteiger partial charge in [0.2, 0.25) is 0 Å². The molecule has 1 aromatic rings. The van der Waals surface area contributed by atoms with E-state index in [9.17, 15) is 0 Å². The highest BCUT2D eigenvalue weighted by Gasteiger charge is 2.12. The summed E-state index contributed by atoms with van der Waals surface area (Å²) in [6.45, 7) is 1.56. The zero-order valence-corrected chi connectivity index (χ0v) is 8.73. The van der Waals surface area contributed by atoms with Crippen molar-refractivity contribution in [2.24, 2.45) is 10.7 Å². The molecular formula is C12H16N2O. The van der Waals surface area contributed by atoms with Crippen molar-refractivity contribution in [2.75, 3.05) is 13.2 Å². The summed E-state index contributed by atoms with van der Waals surface area (Å²) < 4.78 is 5.36. The summed E-state index contributed by atoms with van der Waals surface area (Å²) in [7, 11) is 0. The first-order valence-corrected chi connectivity index (χ1v) is 5.33. The standard InChI is InChI=1S/C12H16N2O/c13-12(10-5-2-1-3-6-10)14-11-7-4-8-15-9-11/h1-3,5-6,11H,4,7-9H2,(H2,13,14). The smallest absolute Gasteiger partial charge is 0.125 e. The summed E-state index contributed by atoms with van der Waals surface area (Å²) in [5.41, 5.74) is 6.91. The van der Waals surface area contributed by atoms with Gasteiger partial charge in [-0.1, -0.05) is 30.3 Å². The number of aliphatic imine (C=N–C) groups is 1. The van der Waals surface area contributed by atoms with Crippen LogP contribution >= 0.6 is 0 Å². The van der Waals surface area contributed by atoms with Crippen molar-refractivity contribution in [3.05, 3.63) is 35.9 Å². The van der Waals surface area contributed by atoms with Crippen LogP contribution in [0.1, 0.15) is 18.4 Å². The van der Waals surface area contributed by atoms with E-state index in [4.69, 9.17) is 10.5 Å². The Morgan fingerprint density at radius 3 is 2.80 bits per heavy atom. The van der Waals surface area contributed by atoms with E-state index in [2.05, 4.69) is 4.99 Å². The van der Waals surface area contributed by atoms with Gasteiger partial charge in [0, 0.05) is 12.2 Å². The number of nitrogens with zero attached hydrogens (tertiary/aromatic N) is 1. The van der Waals surface area contributed by atoms with Crippen molar-refractivity contribution >= 4 is 5.84 Å². The van der Waals surface area contributed by atoms with E-state index in [0.29, 0.717) is 12.4 Å². The predicted molar refractivity (Wildman–Crippen MR) is 61.0 cm³/mol. The molecule has 1 atom stereocenters. The van der Waals surface area contributed by atoms with E-state index >= 15 is 0 Å².